The Labute approximate surface area is 103 Å². The van der Waals surface area contributed by atoms with Gasteiger partial charge >= 0.3 is 5.97 Å². The van der Waals surface area contributed by atoms with Gasteiger partial charge in [0.15, 0.2) is 0 Å². The Morgan fingerprint density at radius 2 is 2.07 bits per heavy atom. The van der Waals surface area contributed by atoms with Gasteiger partial charge in [-0.1, -0.05) is 12.1 Å². The van der Waals surface area contributed by atoms with Gasteiger partial charge in [-0.3, -0.25) is 4.79 Å². The van der Waals surface area contributed by atoms with Gasteiger partial charge in [-0.2, -0.15) is 0 Å². The van der Waals surface area contributed by atoms with Crippen molar-refractivity contribution >= 4 is 28.6 Å². The van der Waals surface area contributed by atoms with Gasteiger partial charge in [-0.05, 0) is 65.5 Å². The van der Waals surface area contributed by atoms with Gasteiger partial charge in [0, 0.05) is 3.57 Å². The molecule has 0 saturated heterocycles. The van der Waals surface area contributed by atoms with Crippen molar-refractivity contribution < 1.29 is 9.90 Å². The predicted molar refractivity (Wildman–Crippen MR) is 66.7 cm³/mol. The van der Waals surface area contributed by atoms with Crippen molar-refractivity contribution in [3.05, 3.63) is 33.4 Å². The Hall–Kier alpha value is -0.580. The van der Waals surface area contributed by atoms with Crippen LogP contribution in [0.1, 0.15) is 18.4 Å². The van der Waals surface area contributed by atoms with Crippen LogP contribution in [0.3, 0.4) is 0 Å². The molecule has 1 aromatic carbocycles. The Morgan fingerprint density at radius 1 is 1.40 bits per heavy atom. The van der Waals surface area contributed by atoms with E-state index in [1.54, 1.807) is 0 Å². The van der Waals surface area contributed by atoms with Gasteiger partial charge < -0.3 is 5.11 Å². The first-order valence-corrected chi connectivity index (χ1v) is 6.22. The summed E-state index contributed by atoms with van der Waals surface area (Å²) < 4.78 is 1.24. The molecule has 0 bridgehead atoms. The standard InChI is InChI=1S/C12H13IO2/c13-10-5-2-8(3-6-10)1-4-9-7-11(9)12(14)15/h2-3,5-6,9,11H,1,4,7H2,(H,14,15)/t9-,11-/m1/s1. The molecular weight excluding hydrogens is 303 g/mol. The zero-order valence-electron chi connectivity index (χ0n) is 8.32. The molecule has 1 fully saturated rings. The molecule has 0 unspecified atom stereocenters. The molecule has 0 amide bonds. The molecule has 2 nitrogen and oxygen atoms in total. The van der Waals surface area contributed by atoms with Crippen molar-refractivity contribution in [1.29, 1.82) is 0 Å². The van der Waals surface area contributed by atoms with Crippen molar-refractivity contribution in [3.63, 3.8) is 0 Å². The van der Waals surface area contributed by atoms with E-state index in [2.05, 4.69) is 46.9 Å². The number of halogens is 1. The van der Waals surface area contributed by atoms with E-state index in [-0.39, 0.29) is 5.92 Å². The summed E-state index contributed by atoms with van der Waals surface area (Å²) in [5.41, 5.74) is 1.31. The van der Waals surface area contributed by atoms with E-state index in [0.29, 0.717) is 5.92 Å². The van der Waals surface area contributed by atoms with Crippen molar-refractivity contribution in [1.82, 2.24) is 0 Å². The zero-order valence-corrected chi connectivity index (χ0v) is 10.5. The number of carboxylic acids is 1. The third-order valence-electron chi connectivity index (χ3n) is 2.96. The molecule has 15 heavy (non-hydrogen) atoms. The first-order valence-electron chi connectivity index (χ1n) is 5.14. The van der Waals surface area contributed by atoms with Gasteiger partial charge in [-0.25, -0.2) is 0 Å². The fourth-order valence-corrected chi connectivity index (χ4v) is 2.23. The van der Waals surface area contributed by atoms with Crippen LogP contribution in [0.5, 0.6) is 0 Å². The van der Waals surface area contributed by atoms with Crippen LogP contribution in [0.2, 0.25) is 0 Å². The van der Waals surface area contributed by atoms with E-state index in [9.17, 15) is 4.79 Å². The summed E-state index contributed by atoms with van der Waals surface area (Å²) in [6, 6.07) is 8.44. The van der Waals surface area contributed by atoms with Crippen LogP contribution >= 0.6 is 22.6 Å². The van der Waals surface area contributed by atoms with Crippen LogP contribution in [-0.4, -0.2) is 11.1 Å². The summed E-state index contributed by atoms with van der Waals surface area (Å²) in [6.07, 6.45) is 2.89. The molecule has 0 radical (unpaired) electrons. The second-order valence-electron chi connectivity index (χ2n) is 4.11. The highest BCUT2D eigenvalue weighted by Gasteiger charge is 2.42. The van der Waals surface area contributed by atoms with Crippen LogP contribution in [0, 0.1) is 15.4 Å². The quantitative estimate of drug-likeness (QED) is 0.867. The van der Waals surface area contributed by atoms with Crippen LogP contribution in [0.15, 0.2) is 24.3 Å². The van der Waals surface area contributed by atoms with Gasteiger partial charge in [0.05, 0.1) is 5.92 Å². The third kappa shape index (κ3) is 2.93. The Balaban J connectivity index is 1.80. The van der Waals surface area contributed by atoms with Gasteiger partial charge in [-0.15, -0.1) is 0 Å². The van der Waals surface area contributed by atoms with E-state index in [0.717, 1.165) is 19.3 Å². The van der Waals surface area contributed by atoms with E-state index in [1.165, 1.54) is 9.13 Å². The highest BCUT2D eigenvalue weighted by atomic mass is 127. The lowest BCUT2D eigenvalue weighted by molar-refractivity contribution is -0.138. The minimum atomic E-state index is -0.623. The van der Waals surface area contributed by atoms with Crippen molar-refractivity contribution in [2.45, 2.75) is 19.3 Å². The molecule has 2 rings (SSSR count). The molecule has 0 aromatic heterocycles. The Bertz CT molecular complexity index is 358. The third-order valence-corrected chi connectivity index (χ3v) is 3.68. The number of aryl methyl sites for hydroxylation is 1. The fourth-order valence-electron chi connectivity index (χ4n) is 1.87. The van der Waals surface area contributed by atoms with Crippen LogP contribution in [0.4, 0.5) is 0 Å². The van der Waals surface area contributed by atoms with Crippen molar-refractivity contribution in [2.75, 3.05) is 0 Å². The maximum atomic E-state index is 10.6. The van der Waals surface area contributed by atoms with Gasteiger partial charge in [0.2, 0.25) is 0 Å². The number of hydrogen-bond acceptors (Lipinski definition) is 1. The van der Waals surface area contributed by atoms with Crippen molar-refractivity contribution in [2.24, 2.45) is 11.8 Å². The molecule has 1 aliphatic rings. The summed E-state index contributed by atoms with van der Waals surface area (Å²) in [7, 11) is 0. The zero-order chi connectivity index (χ0) is 10.8. The molecular formula is C12H13IO2. The largest absolute Gasteiger partial charge is 0.481 e. The van der Waals surface area contributed by atoms with E-state index in [1.807, 2.05) is 0 Å². The number of hydrogen-bond donors (Lipinski definition) is 1. The maximum Gasteiger partial charge on any atom is 0.306 e. The molecule has 1 N–H and O–H groups in total. The fraction of sp³-hybridized carbons (Fsp3) is 0.417. The smallest absolute Gasteiger partial charge is 0.306 e. The molecule has 0 heterocycles. The van der Waals surface area contributed by atoms with E-state index < -0.39 is 5.97 Å². The van der Waals surface area contributed by atoms with Crippen molar-refractivity contribution in [3.8, 4) is 0 Å². The van der Waals surface area contributed by atoms with Gasteiger partial charge in [0.25, 0.3) is 0 Å². The average Bonchev–Trinajstić information content (AvgIpc) is 2.96. The number of benzene rings is 1. The molecule has 2 atom stereocenters. The topological polar surface area (TPSA) is 37.3 Å². The monoisotopic (exact) mass is 316 g/mol. The maximum absolute atomic E-state index is 10.6. The van der Waals surface area contributed by atoms with Crippen LogP contribution in [0.25, 0.3) is 0 Å². The summed E-state index contributed by atoms with van der Waals surface area (Å²) >= 11 is 2.28. The molecule has 0 spiro atoms. The molecule has 3 heteroatoms. The molecule has 0 aliphatic heterocycles. The van der Waals surface area contributed by atoms with E-state index in [4.69, 9.17) is 5.11 Å². The molecule has 1 aromatic rings. The summed E-state index contributed by atoms with van der Waals surface area (Å²) in [4.78, 5) is 10.6. The lowest BCUT2D eigenvalue weighted by atomic mass is 10.1. The number of rotatable bonds is 4. The Morgan fingerprint density at radius 3 is 2.60 bits per heavy atom. The molecule has 1 aliphatic carbocycles. The van der Waals surface area contributed by atoms with Crippen LogP contribution < -0.4 is 0 Å². The summed E-state index contributed by atoms with van der Waals surface area (Å²) in [5, 5.41) is 8.76. The average molecular weight is 316 g/mol. The van der Waals surface area contributed by atoms with E-state index >= 15 is 0 Å². The summed E-state index contributed by atoms with van der Waals surface area (Å²) in [6.45, 7) is 0. The first kappa shape index (κ1) is 10.9. The van der Waals surface area contributed by atoms with Crippen LogP contribution in [-0.2, 0) is 11.2 Å². The van der Waals surface area contributed by atoms with Gasteiger partial charge in [0.1, 0.15) is 0 Å². The lowest BCUT2D eigenvalue weighted by Gasteiger charge is -2.00. The number of carbonyl (C=O) groups is 1. The molecule has 80 valence electrons. The minimum Gasteiger partial charge on any atom is -0.481 e. The second kappa shape index (κ2) is 4.51. The molecule has 1 saturated carbocycles. The Kier molecular flexibility index (Phi) is 3.29. The second-order valence-corrected chi connectivity index (χ2v) is 5.35. The highest BCUT2D eigenvalue weighted by molar-refractivity contribution is 14.1. The highest BCUT2D eigenvalue weighted by Crippen LogP contribution is 2.41. The lowest BCUT2D eigenvalue weighted by Crippen LogP contribution is -2.00. The predicted octanol–water partition coefficient (Wildman–Crippen LogP) is 2.94. The minimum absolute atomic E-state index is 0.0613. The first-order chi connectivity index (χ1) is 7.16. The normalized spacial score (nSPS) is 23.8. The SMILES string of the molecule is O=C(O)[C@@H]1C[C@H]1CCc1ccc(I)cc1. The summed E-state index contributed by atoms with van der Waals surface area (Å²) in [5.74, 6) is -0.266. The number of aliphatic carboxylic acids is 1. The number of carboxylic acid groups (broad SMARTS) is 1.